The second kappa shape index (κ2) is 26.4. The molecule has 0 amide bonds. The van der Waals surface area contributed by atoms with Gasteiger partial charge in [0.2, 0.25) is 0 Å². The standard InChI is InChI=1S/C3H4O.C.O/c1-2-3-4;;/h2-3H,1H2;;. The minimum Gasteiger partial charge on any atom is -0.299 e. The Labute approximate surface area is 37.8 Å². The summed E-state index contributed by atoms with van der Waals surface area (Å²) in [6.45, 7) is 3.11. The minimum absolute atomic E-state index is 0. The zero-order valence-corrected chi connectivity index (χ0v) is 3.18. The molecule has 0 aliphatic rings. The molecule has 32 valence electrons. The van der Waals surface area contributed by atoms with Crippen LogP contribution in [0.2, 0.25) is 0 Å². The van der Waals surface area contributed by atoms with Gasteiger partial charge in [-0.15, -0.1) is 0 Å². The van der Waals surface area contributed by atoms with Crippen molar-refractivity contribution in [2.24, 2.45) is 0 Å². The van der Waals surface area contributed by atoms with E-state index >= 15 is 0 Å². The minimum atomic E-state index is 0. The van der Waals surface area contributed by atoms with Gasteiger partial charge in [0.1, 0.15) is 6.29 Å². The fourth-order valence-electron chi connectivity index (χ4n) is 0. The summed E-state index contributed by atoms with van der Waals surface area (Å²) < 4.78 is 0. The Balaban J connectivity index is -0.0000000450. The first-order valence-electron chi connectivity index (χ1n) is 0.977. The third-order valence-corrected chi connectivity index (χ3v) is 0.0962. The molecule has 0 N–H and O–H groups in total. The molecule has 0 aromatic carbocycles. The smallest absolute Gasteiger partial charge is 0.142 e. The highest BCUT2D eigenvalue weighted by atomic mass is 16.1. The Hall–Kier alpha value is -0.630. The molecule has 0 saturated heterocycles. The van der Waals surface area contributed by atoms with E-state index in [0.717, 1.165) is 0 Å². The number of allylic oxidation sites excluding steroid dienone is 1. The summed E-state index contributed by atoms with van der Waals surface area (Å²) in [4.78, 5) is 9.06. The fraction of sp³-hybridized carbons (Fsp3) is 0. The topological polar surface area (TPSA) is 45.6 Å². The van der Waals surface area contributed by atoms with Crippen LogP contribution in [-0.4, -0.2) is 6.29 Å². The first kappa shape index (κ1) is 18.3. The van der Waals surface area contributed by atoms with Crippen LogP contribution < -0.4 is 0 Å². The van der Waals surface area contributed by atoms with Gasteiger partial charge in [0, 0.05) is 12.9 Å². The van der Waals surface area contributed by atoms with E-state index in [0.29, 0.717) is 6.29 Å². The first-order chi connectivity index (χ1) is 1.91. The van der Waals surface area contributed by atoms with Crippen LogP contribution in [-0.2, 0) is 10.3 Å². The fourth-order valence-corrected chi connectivity index (χ4v) is 0. The molecule has 2 nitrogen and oxygen atoms in total. The van der Waals surface area contributed by atoms with Crippen molar-refractivity contribution < 1.29 is 10.3 Å². The predicted molar refractivity (Wildman–Crippen MR) is 20.2 cm³/mol. The van der Waals surface area contributed by atoms with Gasteiger partial charge in [-0.1, -0.05) is 6.58 Å². The average molecular weight is 84.1 g/mol. The summed E-state index contributed by atoms with van der Waals surface area (Å²) in [5, 5.41) is 0. The van der Waals surface area contributed by atoms with E-state index in [1.165, 1.54) is 6.08 Å². The second-order valence-corrected chi connectivity index (χ2v) is 0.372. The molecule has 0 heterocycles. The van der Waals surface area contributed by atoms with Gasteiger partial charge >= 0.3 is 0 Å². The van der Waals surface area contributed by atoms with E-state index in [1.54, 1.807) is 0 Å². The molecule has 0 bridgehead atoms. The van der Waals surface area contributed by atoms with E-state index in [2.05, 4.69) is 6.58 Å². The third-order valence-electron chi connectivity index (χ3n) is 0.0962. The average Bonchev–Trinajstić information content (AvgIpc) is 1.37. The molecule has 6 heavy (non-hydrogen) atoms. The van der Waals surface area contributed by atoms with E-state index in [9.17, 15) is 0 Å². The lowest BCUT2D eigenvalue weighted by Gasteiger charge is -1.37. The Morgan fingerprint density at radius 1 is 1.50 bits per heavy atom. The Morgan fingerprint density at radius 3 is 1.67 bits per heavy atom. The summed E-state index contributed by atoms with van der Waals surface area (Å²) in [5.74, 6) is 0. The lowest BCUT2D eigenvalue weighted by Crippen LogP contribution is -1.44. The number of aldehydes is 1. The molecule has 0 atom stereocenters. The van der Waals surface area contributed by atoms with Gasteiger partial charge in [-0.3, -0.25) is 4.79 Å². The number of hydrogen-bond acceptors (Lipinski definition) is 1. The normalized spacial score (nSPS) is 3.33. The van der Waals surface area contributed by atoms with Gasteiger partial charge in [0.15, 0.2) is 0 Å². The summed E-state index contributed by atoms with van der Waals surface area (Å²) in [7, 11) is 0. The third kappa shape index (κ3) is 138. The van der Waals surface area contributed by atoms with Gasteiger partial charge in [0.25, 0.3) is 0 Å². The second-order valence-electron chi connectivity index (χ2n) is 0.372. The highest BCUT2D eigenvalue weighted by Crippen LogP contribution is 1.35. The van der Waals surface area contributed by atoms with Crippen molar-refractivity contribution in [2.75, 3.05) is 0 Å². The van der Waals surface area contributed by atoms with E-state index < -0.39 is 0 Å². The molecule has 0 aliphatic carbocycles. The lowest BCUT2D eigenvalue weighted by atomic mass is 10.8. The van der Waals surface area contributed by atoms with Crippen molar-refractivity contribution in [3.05, 3.63) is 20.1 Å². The van der Waals surface area contributed by atoms with Crippen molar-refractivity contribution in [1.29, 1.82) is 0 Å². The molecule has 0 aromatic heterocycles. The van der Waals surface area contributed by atoms with Crippen LogP contribution >= 0.6 is 0 Å². The Kier molecular flexibility index (Phi) is 80.5. The Bertz CT molecular complexity index is 26.5. The van der Waals surface area contributed by atoms with Crippen LogP contribution in [0.5, 0.6) is 0 Å². The summed E-state index contributed by atoms with van der Waals surface area (Å²) in [5.41, 5.74) is 0. The number of carbonyl (C=O) groups excluding carboxylic acids is 1. The lowest BCUT2D eigenvalue weighted by molar-refractivity contribution is -0.104. The predicted octanol–water partition coefficient (Wildman–Crippen LogP) is 0.334. The van der Waals surface area contributed by atoms with Crippen molar-refractivity contribution in [2.45, 2.75) is 0 Å². The number of rotatable bonds is 1. The zero-order valence-electron chi connectivity index (χ0n) is 3.18. The van der Waals surface area contributed by atoms with Gasteiger partial charge in [-0.25, -0.2) is 0 Å². The molecular weight excluding hydrogens is 80.0 g/mol. The molecule has 0 spiro atoms. The van der Waals surface area contributed by atoms with E-state index in [-0.39, 0.29) is 12.9 Å². The van der Waals surface area contributed by atoms with Crippen molar-refractivity contribution in [1.82, 2.24) is 0 Å². The van der Waals surface area contributed by atoms with Crippen molar-refractivity contribution in [3.8, 4) is 0 Å². The van der Waals surface area contributed by atoms with Gasteiger partial charge in [-0.2, -0.15) is 0 Å². The molecule has 0 rings (SSSR count). The van der Waals surface area contributed by atoms with Gasteiger partial charge in [0.05, 0.1) is 0 Å². The zero-order chi connectivity index (χ0) is 3.41. The van der Waals surface area contributed by atoms with Crippen LogP contribution in [0.4, 0.5) is 0 Å². The number of hydrogen-bond donors (Lipinski definition) is 0. The van der Waals surface area contributed by atoms with E-state index in [4.69, 9.17) is 4.79 Å². The summed E-state index contributed by atoms with van der Waals surface area (Å²) in [6, 6.07) is 0. The summed E-state index contributed by atoms with van der Waals surface area (Å²) >= 11 is 0. The van der Waals surface area contributed by atoms with Crippen LogP contribution in [0.15, 0.2) is 12.7 Å². The highest BCUT2D eigenvalue weighted by Gasteiger charge is 1.38. The molecule has 6 radical (unpaired) electrons. The van der Waals surface area contributed by atoms with Crippen molar-refractivity contribution >= 4 is 6.29 Å². The SMILES string of the molecule is C=CC=O.[C].[O]. The van der Waals surface area contributed by atoms with Crippen LogP contribution in [0, 0.1) is 7.43 Å². The highest BCUT2D eigenvalue weighted by molar-refractivity contribution is 5.63. The van der Waals surface area contributed by atoms with Crippen LogP contribution in [0.1, 0.15) is 0 Å². The maximum atomic E-state index is 9.06. The molecule has 0 aromatic rings. The molecule has 0 fully saturated rings. The monoisotopic (exact) mass is 84.0 g/mol. The maximum absolute atomic E-state index is 9.06. The molecule has 0 aliphatic heterocycles. The van der Waals surface area contributed by atoms with Crippen molar-refractivity contribution in [3.63, 3.8) is 0 Å². The van der Waals surface area contributed by atoms with Crippen LogP contribution in [0.3, 0.4) is 0 Å². The van der Waals surface area contributed by atoms with E-state index in [1.807, 2.05) is 0 Å². The quantitative estimate of drug-likeness (QED) is 0.333. The number of carbonyl (C=O) groups is 1. The maximum Gasteiger partial charge on any atom is 0.142 e. The largest absolute Gasteiger partial charge is 0.299 e. The summed E-state index contributed by atoms with van der Waals surface area (Å²) in [6.07, 6.45) is 1.83. The molecule has 2 heteroatoms. The molecule has 0 saturated carbocycles. The first-order valence-corrected chi connectivity index (χ1v) is 0.977. The Morgan fingerprint density at radius 2 is 1.67 bits per heavy atom. The van der Waals surface area contributed by atoms with Crippen LogP contribution in [0.25, 0.3) is 0 Å². The van der Waals surface area contributed by atoms with Gasteiger partial charge < -0.3 is 0 Å². The van der Waals surface area contributed by atoms with Gasteiger partial charge in [-0.05, 0) is 6.08 Å². The molecular formula is C4H4O2. The molecule has 0 unspecified atom stereocenters.